The smallest absolute Gasteiger partial charge is 0.310 e. The number of ether oxygens (including phenoxy) is 2. The van der Waals surface area contributed by atoms with Gasteiger partial charge in [0.2, 0.25) is 5.88 Å². The molecule has 3 aromatic rings. The van der Waals surface area contributed by atoms with Crippen molar-refractivity contribution in [2.45, 2.75) is 47.6 Å². The van der Waals surface area contributed by atoms with Crippen LogP contribution in [0.15, 0.2) is 42.6 Å². The molecule has 0 aliphatic heterocycles. The number of carbonyl (C=O) groups is 1. The van der Waals surface area contributed by atoms with Gasteiger partial charge in [0.15, 0.2) is 0 Å². The maximum atomic E-state index is 14.4. The number of hydrogen-bond acceptors (Lipinski definition) is 5. The first-order chi connectivity index (χ1) is 15.9. The van der Waals surface area contributed by atoms with Gasteiger partial charge in [0.25, 0.3) is 0 Å². The van der Waals surface area contributed by atoms with E-state index in [1.165, 1.54) is 30.0 Å². The summed E-state index contributed by atoms with van der Waals surface area (Å²) >= 11 is 0. The molecule has 3 rings (SSSR count). The van der Waals surface area contributed by atoms with Gasteiger partial charge in [0.1, 0.15) is 18.2 Å². The lowest BCUT2D eigenvalue weighted by molar-refractivity contribution is -0.139. The first-order valence-corrected chi connectivity index (χ1v) is 10.6. The third kappa shape index (κ3) is 7.42. The Bertz CT molecular complexity index is 1100. The van der Waals surface area contributed by atoms with E-state index in [0.717, 1.165) is 6.07 Å². The molecule has 176 valence electrons. The van der Waals surface area contributed by atoms with Crippen LogP contribution in [-0.4, -0.2) is 22.9 Å². The molecular weight excluding hydrogens is 428 g/mol. The highest BCUT2D eigenvalue weighted by Crippen LogP contribution is 2.22. The molecular formula is C25H29F2N3O3. The highest BCUT2D eigenvalue weighted by molar-refractivity contribution is 5.72. The lowest BCUT2D eigenvalue weighted by Gasteiger charge is -2.10. The monoisotopic (exact) mass is 457 g/mol. The van der Waals surface area contributed by atoms with Crippen LogP contribution in [0, 0.1) is 29.9 Å². The number of hydrogen-bond donors (Lipinski definition) is 0. The van der Waals surface area contributed by atoms with E-state index in [9.17, 15) is 13.6 Å². The molecule has 1 aromatic heterocycles. The summed E-state index contributed by atoms with van der Waals surface area (Å²) in [5.74, 6) is -1.38. The molecule has 0 fully saturated rings. The summed E-state index contributed by atoms with van der Waals surface area (Å²) in [6.07, 6.45) is 1.43. The molecule has 8 heteroatoms. The maximum Gasteiger partial charge on any atom is 0.310 e. The Balaban J connectivity index is 0.00000129. The third-order valence-corrected chi connectivity index (χ3v) is 4.30. The highest BCUT2D eigenvalue weighted by atomic mass is 19.1. The van der Waals surface area contributed by atoms with Crippen molar-refractivity contribution in [3.05, 3.63) is 76.5 Å². The van der Waals surface area contributed by atoms with Crippen LogP contribution in [0.3, 0.4) is 0 Å². The van der Waals surface area contributed by atoms with Crippen molar-refractivity contribution < 1.29 is 23.0 Å². The van der Waals surface area contributed by atoms with Crippen LogP contribution < -0.4 is 4.74 Å². The Hall–Kier alpha value is -3.73. The van der Waals surface area contributed by atoms with Gasteiger partial charge in [0, 0.05) is 23.9 Å². The van der Waals surface area contributed by atoms with E-state index >= 15 is 0 Å². The molecule has 0 bridgehead atoms. The van der Waals surface area contributed by atoms with E-state index < -0.39 is 17.6 Å². The normalized spacial score (nSPS) is 9.55. The Morgan fingerprint density at radius 2 is 1.73 bits per heavy atom. The van der Waals surface area contributed by atoms with Crippen molar-refractivity contribution >= 4 is 5.97 Å². The molecule has 0 aliphatic carbocycles. The molecule has 33 heavy (non-hydrogen) atoms. The zero-order valence-electron chi connectivity index (χ0n) is 19.8. The van der Waals surface area contributed by atoms with Crippen LogP contribution in [0.1, 0.15) is 49.9 Å². The number of nitriles is 1. The standard InChI is InChI=1S/C21H17F2N3O3.2C2H6/c1-13-7-16(9-21(27)28-2)18(23)10-19(13)26-6-5-20(25-26)29-12-15-4-3-14(11-24)8-17(15)22;2*1-2/h3-8,10H,9,12H2,1-2H3;2*1-2H3. The predicted octanol–water partition coefficient (Wildman–Crippen LogP) is 5.68. The molecule has 0 radical (unpaired) electrons. The molecule has 0 aliphatic rings. The van der Waals surface area contributed by atoms with E-state index in [0.29, 0.717) is 11.3 Å². The average Bonchev–Trinajstić information content (AvgIpc) is 3.31. The first kappa shape index (κ1) is 27.3. The van der Waals surface area contributed by atoms with E-state index in [2.05, 4.69) is 9.84 Å². The summed E-state index contributed by atoms with van der Waals surface area (Å²) in [6.45, 7) is 9.70. The second-order valence-electron chi connectivity index (χ2n) is 6.29. The number of rotatable bonds is 6. The number of benzene rings is 2. The maximum absolute atomic E-state index is 14.4. The van der Waals surface area contributed by atoms with Crippen molar-refractivity contribution in [2.75, 3.05) is 7.11 Å². The molecule has 0 spiro atoms. The lowest BCUT2D eigenvalue weighted by atomic mass is 10.1. The van der Waals surface area contributed by atoms with Gasteiger partial charge in [0.05, 0.1) is 30.9 Å². The number of aryl methyl sites for hydroxylation is 1. The Morgan fingerprint density at radius 3 is 2.33 bits per heavy atom. The number of aromatic nitrogens is 2. The Labute approximate surface area is 193 Å². The average molecular weight is 458 g/mol. The number of halogens is 2. The fourth-order valence-corrected chi connectivity index (χ4v) is 2.74. The number of esters is 1. The van der Waals surface area contributed by atoms with E-state index in [1.54, 1.807) is 25.3 Å². The summed E-state index contributed by atoms with van der Waals surface area (Å²) in [7, 11) is 1.25. The molecule has 0 N–H and O–H groups in total. The second kappa shape index (κ2) is 13.6. The minimum absolute atomic E-state index is 0.0695. The molecule has 0 amide bonds. The first-order valence-electron chi connectivity index (χ1n) is 10.6. The fourth-order valence-electron chi connectivity index (χ4n) is 2.74. The van der Waals surface area contributed by atoms with Gasteiger partial charge in [-0.3, -0.25) is 4.79 Å². The van der Waals surface area contributed by atoms with E-state index in [4.69, 9.17) is 10.00 Å². The van der Waals surface area contributed by atoms with Crippen LogP contribution in [-0.2, 0) is 22.6 Å². The molecule has 1 heterocycles. The van der Waals surface area contributed by atoms with E-state index in [-0.39, 0.29) is 35.6 Å². The Morgan fingerprint density at radius 1 is 1.06 bits per heavy atom. The minimum atomic E-state index is -0.548. The number of carbonyl (C=O) groups excluding carboxylic acids is 1. The van der Waals surface area contributed by atoms with Gasteiger partial charge >= 0.3 is 5.97 Å². The van der Waals surface area contributed by atoms with Crippen LogP contribution in [0.5, 0.6) is 5.88 Å². The van der Waals surface area contributed by atoms with Gasteiger partial charge in [-0.1, -0.05) is 39.8 Å². The summed E-state index contributed by atoms with van der Waals surface area (Å²) in [6, 6.07) is 10.4. The second-order valence-corrected chi connectivity index (χ2v) is 6.29. The van der Waals surface area contributed by atoms with Crippen molar-refractivity contribution in [1.29, 1.82) is 5.26 Å². The molecule has 0 unspecified atom stereocenters. The van der Waals surface area contributed by atoms with Crippen molar-refractivity contribution in [3.63, 3.8) is 0 Å². The van der Waals surface area contributed by atoms with Crippen LogP contribution in [0.2, 0.25) is 0 Å². The van der Waals surface area contributed by atoms with Gasteiger partial charge < -0.3 is 9.47 Å². The van der Waals surface area contributed by atoms with Gasteiger partial charge in [-0.15, -0.1) is 5.10 Å². The largest absolute Gasteiger partial charge is 0.472 e. The van der Waals surface area contributed by atoms with Crippen molar-refractivity contribution in [2.24, 2.45) is 0 Å². The Kier molecular flexibility index (Phi) is 11.3. The summed E-state index contributed by atoms with van der Waals surface area (Å²) < 4.78 is 39.8. The highest BCUT2D eigenvalue weighted by Gasteiger charge is 2.14. The molecule has 2 aromatic carbocycles. The fraction of sp³-hybridized carbons (Fsp3) is 0.320. The molecule has 0 saturated carbocycles. The number of methoxy groups -OCH3 is 1. The molecule has 0 saturated heterocycles. The van der Waals surface area contributed by atoms with Crippen LogP contribution in [0.25, 0.3) is 5.69 Å². The topological polar surface area (TPSA) is 77.1 Å². The summed E-state index contributed by atoms with van der Waals surface area (Å²) in [5.41, 5.74) is 1.93. The van der Waals surface area contributed by atoms with Crippen LogP contribution in [0.4, 0.5) is 8.78 Å². The van der Waals surface area contributed by atoms with Crippen molar-refractivity contribution in [1.82, 2.24) is 9.78 Å². The predicted molar refractivity (Wildman–Crippen MR) is 122 cm³/mol. The zero-order chi connectivity index (χ0) is 25.0. The van der Waals surface area contributed by atoms with Crippen molar-refractivity contribution in [3.8, 4) is 17.6 Å². The SMILES string of the molecule is CC.CC.COC(=O)Cc1cc(C)c(-n2ccc(OCc3ccc(C#N)cc3F)n2)cc1F. The molecule has 6 nitrogen and oxygen atoms in total. The van der Waals surface area contributed by atoms with Gasteiger partial charge in [-0.25, -0.2) is 13.5 Å². The molecule has 0 atom stereocenters. The van der Waals surface area contributed by atoms with Gasteiger partial charge in [-0.05, 0) is 30.2 Å². The minimum Gasteiger partial charge on any atom is -0.472 e. The van der Waals surface area contributed by atoms with Gasteiger partial charge in [-0.2, -0.15) is 5.26 Å². The summed E-state index contributed by atoms with van der Waals surface area (Å²) in [5, 5.41) is 13.0. The zero-order valence-corrected chi connectivity index (χ0v) is 19.8. The summed E-state index contributed by atoms with van der Waals surface area (Å²) in [4.78, 5) is 11.4. The quantitative estimate of drug-likeness (QED) is 0.445. The third-order valence-electron chi connectivity index (χ3n) is 4.30. The number of nitrogens with zero attached hydrogens (tertiary/aromatic N) is 3. The van der Waals surface area contributed by atoms with Crippen LogP contribution >= 0.6 is 0 Å². The lowest BCUT2D eigenvalue weighted by Crippen LogP contribution is -2.08. The van der Waals surface area contributed by atoms with E-state index in [1.807, 2.05) is 33.8 Å².